The summed E-state index contributed by atoms with van der Waals surface area (Å²) in [5.74, 6) is 0.406. The molecule has 0 heterocycles. The van der Waals surface area contributed by atoms with Gasteiger partial charge in [-0.1, -0.05) is 32.0 Å². The molecule has 1 aromatic carbocycles. The SMILES string of the molecule is Cc1cccc(C(C)C)c1NC(=O)NC1CCC1. The van der Waals surface area contributed by atoms with E-state index in [1.807, 2.05) is 19.1 Å². The highest BCUT2D eigenvalue weighted by atomic mass is 16.2. The zero-order valence-electron chi connectivity index (χ0n) is 11.4. The molecule has 1 aliphatic rings. The van der Waals surface area contributed by atoms with Gasteiger partial charge in [-0.2, -0.15) is 0 Å². The second-order valence-electron chi connectivity index (χ2n) is 5.42. The summed E-state index contributed by atoms with van der Waals surface area (Å²) in [6, 6.07) is 6.45. The highest BCUT2D eigenvalue weighted by Crippen LogP contribution is 2.27. The van der Waals surface area contributed by atoms with Crippen LogP contribution in [0.25, 0.3) is 0 Å². The van der Waals surface area contributed by atoms with E-state index in [0.29, 0.717) is 12.0 Å². The van der Waals surface area contributed by atoms with E-state index in [1.54, 1.807) is 0 Å². The van der Waals surface area contributed by atoms with Crippen LogP contribution in [0, 0.1) is 6.92 Å². The van der Waals surface area contributed by atoms with E-state index in [0.717, 1.165) is 24.1 Å². The Balaban J connectivity index is 2.09. The molecule has 0 atom stereocenters. The third-order valence-electron chi connectivity index (χ3n) is 3.61. The maximum absolute atomic E-state index is 11.9. The maximum atomic E-state index is 11.9. The molecule has 1 fully saturated rings. The summed E-state index contributed by atoms with van der Waals surface area (Å²) >= 11 is 0. The lowest BCUT2D eigenvalue weighted by Gasteiger charge is -2.27. The number of hydrogen-bond acceptors (Lipinski definition) is 1. The van der Waals surface area contributed by atoms with Gasteiger partial charge in [-0.25, -0.2) is 4.79 Å². The van der Waals surface area contributed by atoms with Crippen molar-refractivity contribution in [2.45, 2.75) is 52.0 Å². The van der Waals surface area contributed by atoms with E-state index >= 15 is 0 Å². The van der Waals surface area contributed by atoms with Gasteiger partial charge in [0.1, 0.15) is 0 Å². The average molecular weight is 246 g/mol. The number of carbonyl (C=O) groups is 1. The second-order valence-corrected chi connectivity index (χ2v) is 5.42. The van der Waals surface area contributed by atoms with Crippen LogP contribution < -0.4 is 10.6 Å². The molecule has 1 aromatic rings. The van der Waals surface area contributed by atoms with Crippen LogP contribution in [0.1, 0.15) is 50.2 Å². The Morgan fingerprint density at radius 3 is 2.61 bits per heavy atom. The molecular weight excluding hydrogens is 224 g/mol. The molecule has 0 aliphatic heterocycles. The first-order valence-corrected chi connectivity index (χ1v) is 6.75. The number of carbonyl (C=O) groups excluding carboxylic acids is 1. The van der Waals surface area contributed by atoms with Gasteiger partial charge in [-0.05, 0) is 43.2 Å². The molecule has 1 saturated carbocycles. The fourth-order valence-electron chi connectivity index (χ4n) is 2.23. The normalized spacial score (nSPS) is 15.3. The minimum Gasteiger partial charge on any atom is -0.335 e. The van der Waals surface area contributed by atoms with Crippen LogP contribution in [-0.2, 0) is 0 Å². The van der Waals surface area contributed by atoms with Gasteiger partial charge in [0.15, 0.2) is 0 Å². The summed E-state index contributed by atoms with van der Waals surface area (Å²) in [5.41, 5.74) is 3.27. The number of nitrogens with one attached hydrogen (secondary N) is 2. The van der Waals surface area contributed by atoms with Crippen molar-refractivity contribution in [3.63, 3.8) is 0 Å². The van der Waals surface area contributed by atoms with Crippen molar-refractivity contribution in [1.82, 2.24) is 5.32 Å². The Labute approximate surface area is 109 Å². The highest BCUT2D eigenvalue weighted by Gasteiger charge is 2.20. The minimum absolute atomic E-state index is 0.0732. The Morgan fingerprint density at radius 1 is 1.33 bits per heavy atom. The van der Waals surface area contributed by atoms with Crippen LogP contribution in [-0.4, -0.2) is 12.1 Å². The van der Waals surface area contributed by atoms with Crippen molar-refractivity contribution in [2.24, 2.45) is 0 Å². The average Bonchev–Trinajstić information content (AvgIpc) is 2.26. The van der Waals surface area contributed by atoms with Crippen molar-refractivity contribution < 1.29 is 4.79 Å². The van der Waals surface area contributed by atoms with Crippen molar-refractivity contribution in [2.75, 3.05) is 5.32 Å². The predicted molar refractivity (Wildman–Crippen MR) is 75.1 cm³/mol. The van der Waals surface area contributed by atoms with Crippen LogP contribution >= 0.6 is 0 Å². The number of para-hydroxylation sites is 1. The number of rotatable bonds is 3. The molecular formula is C15H22N2O. The Morgan fingerprint density at radius 2 is 2.06 bits per heavy atom. The first-order chi connectivity index (χ1) is 8.58. The summed E-state index contributed by atoms with van der Waals surface area (Å²) in [4.78, 5) is 11.9. The first kappa shape index (κ1) is 12.9. The third-order valence-corrected chi connectivity index (χ3v) is 3.61. The van der Waals surface area contributed by atoms with Crippen LogP contribution in [0.4, 0.5) is 10.5 Å². The van der Waals surface area contributed by atoms with E-state index in [9.17, 15) is 4.79 Å². The van der Waals surface area contributed by atoms with Crippen molar-refractivity contribution in [1.29, 1.82) is 0 Å². The first-order valence-electron chi connectivity index (χ1n) is 6.75. The molecule has 2 rings (SSSR count). The smallest absolute Gasteiger partial charge is 0.319 e. The fourth-order valence-corrected chi connectivity index (χ4v) is 2.23. The summed E-state index contributed by atoms with van der Waals surface area (Å²) in [6.45, 7) is 6.32. The number of aryl methyl sites for hydroxylation is 1. The molecule has 0 radical (unpaired) electrons. The molecule has 0 aromatic heterocycles. The summed E-state index contributed by atoms with van der Waals surface area (Å²) in [6.07, 6.45) is 3.45. The maximum Gasteiger partial charge on any atom is 0.319 e. The van der Waals surface area contributed by atoms with E-state index in [-0.39, 0.29) is 6.03 Å². The molecule has 2 N–H and O–H groups in total. The van der Waals surface area contributed by atoms with Gasteiger partial charge in [-0.15, -0.1) is 0 Å². The number of hydrogen-bond donors (Lipinski definition) is 2. The van der Waals surface area contributed by atoms with Gasteiger partial charge in [0.25, 0.3) is 0 Å². The van der Waals surface area contributed by atoms with Crippen molar-refractivity contribution in [3.05, 3.63) is 29.3 Å². The van der Waals surface area contributed by atoms with Gasteiger partial charge in [-0.3, -0.25) is 0 Å². The van der Waals surface area contributed by atoms with Crippen molar-refractivity contribution in [3.8, 4) is 0 Å². The Bertz CT molecular complexity index is 436. The lowest BCUT2D eigenvalue weighted by atomic mass is 9.93. The number of urea groups is 1. The monoisotopic (exact) mass is 246 g/mol. The van der Waals surface area contributed by atoms with Crippen LogP contribution in [0.3, 0.4) is 0 Å². The lowest BCUT2D eigenvalue weighted by molar-refractivity contribution is 0.240. The number of amides is 2. The van der Waals surface area contributed by atoms with Gasteiger partial charge >= 0.3 is 6.03 Å². The zero-order chi connectivity index (χ0) is 13.1. The lowest BCUT2D eigenvalue weighted by Crippen LogP contribution is -2.42. The largest absolute Gasteiger partial charge is 0.335 e. The third kappa shape index (κ3) is 2.84. The fraction of sp³-hybridized carbons (Fsp3) is 0.533. The van der Waals surface area contributed by atoms with Gasteiger partial charge in [0, 0.05) is 11.7 Å². The van der Waals surface area contributed by atoms with Gasteiger partial charge < -0.3 is 10.6 Å². The van der Waals surface area contributed by atoms with Crippen molar-refractivity contribution >= 4 is 11.7 Å². The summed E-state index contributed by atoms with van der Waals surface area (Å²) in [7, 11) is 0. The van der Waals surface area contributed by atoms with Gasteiger partial charge in [0.05, 0.1) is 0 Å². The standard InChI is InChI=1S/C15H22N2O/c1-10(2)13-9-4-6-11(3)14(13)17-15(18)16-12-7-5-8-12/h4,6,9-10,12H,5,7-8H2,1-3H3,(H2,16,17,18). The van der Waals surface area contributed by atoms with Crippen LogP contribution in [0.5, 0.6) is 0 Å². The number of benzene rings is 1. The quantitative estimate of drug-likeness (QED) is 0.837. The predicted octanol–water partition coefficient (Wildman–Crippen LogP) is 3.79. The van der Waals surface area contributed by atoms with E-state index in [4.69, 9.17) is 0 Å². The Hall–Kier alpha value is -1.51. The number of anilines is 1. The van der Waals surface area contributed by atoms with E-state index in [1.165, 1.54) is 12.0 Å². The molecule has 98 valence electrons. The molecule has 2 amide bonds. The van der Waals surface area contributed by atoms with Crippen LogP contribution in [0.2, 0.25) is 0 Å². The summed E-state index contributed by atoms with van der Waals surface area (Å²) < 4.78 is 0. The zero-order valence-corrected chi connectivity index (χ0v) is 11.4. The Kier molecular flexibility index (Phi) is 3.90. The topological polar surface area (TPSA) is 41.1 Å². The molecule has 0 saturated heterocycles. The summed E-state index contributed by atoms with van der Waals surface area (Å²) in [5, 5.41) is 6.02. The molecule has 18 heavy (non-hydrogen) atoms. The second kappa shape index (κ2) is 5.42. The highest BCUT2D eigenvalue weighted by molar-refractivity contribution is 5.91. The minimum atomic E-state index is -0.0732. The molecule has 0 bridgehead atoms. The van der Waals surface area contributed by atoms with E-state index < -0.39 is 0 Å². The van der Waals surface area contributed by atoms with Gasteiger partial charge in [0.2, 0.25) is 0 Å². The molecule has 3 heteroatoms. The molecule has 1 aliphatic carbocycles. The molecule has 0 spiro atoms. The molecule has 3 nitrogen and oxygen atoms in total. The van der Waals surface area contributed by atoms with E-state index in [2.05, 4.69) is 30.5 Å². The molecule has 0 unspecified atom stereocenters. The van der Waals surface area contributed by atoms with Crippen LogP contribution in [0.15, 0.2) is 18.2 Å².